The molecule has 10 heteroatoms. The molecular weight excluding hydrogens is 310 g/mol. The number of carbonyl (C=O) groups excluding carboxylic acids is 1. The summed E-state index contributed by atoms with van der Waals surface area (Å²) >= 11 is 5.67. The lowest BCUT2D eigenvalue weighted by molar-refractivity contribution is 0.0378. The molecule has 0 bridgehead atoms. The molecule has 0 fully saturated rings. The van der Waals surface area contributed by atoms with E-state index in [9.17, 15) is 4.79 Å². The molecular formula is C12H12ClN7O2. The molecule has 0 aliphatic heterocycles. The third kappa shape index (κ3) is 3.73. The smallest absolute Gasteiger partial charge is 0.382 e. The van der Waals surface area contributed by atoms with Crippen LogP contribution in [0.5, 0.6) is 0 Å². The summed E-state index contributed by atoms with van der Waals surface area (Å²) in [4.78, 5) is 27.8. The van der Waals surface area contributed by atoms with E-state index >= 15 is 0 Å². The highest BCUT2D eigenvalue weighted by atomic mass is 35.5. The molecule has 2 rings (SSSR count). The van der Waals surface area contributed by atoms with Gasteiger partial charge in [0.25, 0.3) is 0 Å². The first-order chi connectivity index (χ1) is 10.5. The summed E-state index contributed by atoms with van der Waals surface area (Å²) in [5, 5.41) is -0.160. The molecule has 2 aromatic rings. The van der Waals surface area contributed by atoms with Crippen LogP contribution in [0.4, 0.5) is 17.3 Å². The van der Waals surface area contributed by atoms with Gasteiger partial charge in [0.1, 0.15) is 0 Å². The largest absolute Gasteiger partial charge is 0.385 e. The van der Waals surface area contributed by atoms with Crippen molar-refractivity contribution < 1.29 is 9.63 Å². The van der Waals surface area contributed by atoms with Crippen molar-refractivity contribution in [1.82, 2.24) is 15.4 Å². The van der Waals surface area contributed by atoms with Crippen LogP contribution in [0.15, 0.2) is 35.3 Å². The second kappa shape index (κ2) is 6.59. The molecule has 9 nitrogen and oxygen atoms in total. The maximum Gasteiger partial charge on any atom is 0.385 e. The minimum absolute atomic E-state index is 0.0890. The van der Waals surface area contributed by atoms with Crippen molar-refractivity contribution in [3.63, 3.8) is 0 Å². The van der Waals surface area contributed by atoms with Gasteiger partial charge < -0.3 is 22.0 Å². The highest BCUT2D eigenvalue weighted by Gasteiger charge is 2.18. The lowest BCUT2D eigenvalue weighted by atomic mass is 10.3. The van der Waals surface area contributed by atoms with Gasteiger partial charge in [-0.1, -0.05) is 29.8 Å². The lowest BCUT2D eigenvalue weighted by Crippen LogP contribution is -2.34. The third-order valence-electron chi connectivity index (χ3n) is 2.35. The number of hydrogen-bond donors (Lipinski definition) is 4. The maximum atomic E-state index is 11.8. The summed E-state index contributed by atoms with van der Waals surface area (Å²) in [6.07, 6.45) is 0. The van der Waals surface area contributed by atoms with Crippen LogP contribution >= 0.6 is 11.6 Å². The average molecular weight is 322 g/mol. The zero-order valence-corrected chi connectivity index (χ0v) is 11.9. The van der Waals surface area contributed by atoms with Crippen molar-refractivity contribution >= 4 is 40.9 Å². The number of hydrogen-bond acceptors (Lipinski definition) is 7. The number of benzene rings is 1. The Hall–Kier alpha value is -3.07. The summed E-state index contributed by atoms with van der Waals surface area (Å²) in [5.41, 5.74) is 19.0. The van der Waals surface area contributed by atoms with E-state index in [1.807, 2.05) is 6.07 Å². The van der Waals surface area contributed by atoms with Crippen LogP contribution in [0.25, 0.3) is 0 Å². The first-order valence-corrected chi connectivity index (χ1v) is 6.30. The summed E-state index contributed by atoms with van der Waals surface area (Å²) in [6.45, 7) is 0. The summed E-state index contributed by atoms with van der Waals surface area (Å²) in [5.74, 6) is -1.37. The molecule has 7 N–H and O–H groups in total. The first kappa shape index (κ1) is 15.3. The van der Waals surface area contributed by atoms with E-state index in [-0.39, 0.29) is 28.4 Å². The predicted octanol–water partition coefficient (Wildman–Crippen LogP) is 0.602. The van der Waals surface area contributed by atoms with Gasteiger partial charge in [-0.25, -0.2) is 19.8 Å². The van der Waals surface area contributed by atoms with E-state index in [0.717, 1.165) is 0 Å². The second-order valence-electron chi connectivity index (χ2n) is 3.96. The Labute approximate surface area is 130 Å². The van der Waals surface area contributed by atoms with Crippen molar-refractivity contribution in [3.05, 3.63) is 41.2 Å². The minimum Gasteiger partial charge on any atom is -0.382 e. The molecule has 22 heavy (non-hydrogen) atoms. The maximum absolute atomic E-state index is 11.8. The molecule has 1 aromatic carbocycles. The number of hydroxylamine groups is 1. The quantitative estimate of drug-likeness (QED) is 0.356. The van der Waals surface area contributed by atoms with Gasteiger partial charge in [0.2, 0.25) is 5.96 Å². The van der Waals surface area contributed by atoms with Crippen LogP contribution in [-0.2, 0) is 4.84 Å². The molecule has 114 valence electrons. The molecule has 0 unspecified atom stereocenters. The van der Waals surface area contributed by atoms with Crippen molar-refractivity contribution in [3.8, 4) is 0 Å². The van der Waals surface area contributed by atoms with E-state index in [4.69, 9.17) is 33.6 Å². The van der Waals surface area contributed by atoms with Crippen LogP contribution in [0, 0.1) is 0 Å². The molecule has 0 aliphatic rings. The van der Waals surface area contributed by atoms with Gasteiger partial charge in [-0.2, -0.15) is 5.48 Å². The Morgan fingerprint density at radius 2 is 1.86 bits per heavy atom. The van der Waals surface area contributed by atoms with Crippen LogP contribution in [0.1, 0.15) is 10.5 Å². The SMILES string of the molecule is NC(=Nc1ccccc1)NOC(=O)c1nc(Cl)c(N)nc1N. The number of carbonyl (C=O) groups is 1. The third-order valence-corrected chi connectivity index (χ3v) is 2.63. The Kier molecular flexibility index (Phi) is 4.59. The first-order valence-electron chi connectivity index (χ1n) is 5.92. The number of aromatic nitrogens is 2. The van der Waals surface area contributed by atoms with Gasteiger partial charge in [-0.3, -0.25) is 0 Å². The monoisotopic (exact) mass is 321 g/mol. The normalized spacial score (nSPS) is 11.0. The zero-order valence-electron chi connectivity index (χ0n) is 11.2. The number of nitrogens with one attached hydrogen (secondary N) is 1. The topological polar surface area (TPSA) is 155 Å². The highest BCUT2D eigenvalue weighted by molar-refractivity contribution is 6.31. The number of nitrogens with zero attached hydrogens (tertiary/aromatic N) is 3. The standard InChI is InChI=1S/C12H12ClN7O2/c13-8-10(15)19-9(14)7(18-8)11(21)22-20-12(16)17-6-4-2-1-3-5-6/h1-5H,(H4,14,15,19)(H3,16,17,20). The van der Waals surface area contributed by atoms with E-state index in [0.29, 0.717) is 5.69 Å². The highest BCUT2D eigenvalue weighted by Crippen LogP contribution is 2.17. The molecule has 0 spiro atoms. The number of halogens is 1. The van der Waals surface area contributed by atoms with Crippen molar-refractivity contribution in [2.24, 2.45) is 10.7 Å². The van der Waals surface area contributed by atoms with Crippen LogP contribution in [0.2, 0.25) is 5.15 Å². The van der Waals surface area contributed by atoms with Gasteiger partial charge in [0.15, 0.2) is 22.5 Å². The number of anilines is 2. The molecule has 1 aromatic heterocycles. The summed E-state index contributed by atoms with van der Waals surface area (Å²) < 4.78 is 0. The number of nitrogens with two attached hydrogens (primary N) is 3. The fraction of sp³-hybridized carbons (Fsp3) is 0. The van der Waals surface area contributed by atoms with E-state index in [2.05, 4.69) is 20.4 Å². The Balaban J connectivity index is 2.04. The van der Waals surface area contributed by atoms with E-state index < -0.39 is 5.97 Å². The predicted molar refractivity (Wildman–Crippen MR) is 82.1 cm³/mol. The van der Waals surface area contributed by atoms with Gasteiger partial charge in [0.05, 0.1) is 5.69 Å². The molecule has 0 saturated carbocycles. The van der Waals surface area contributed by atoms with Gasteiger partial charge >= 0.3 is 5.97 Å². The number of para-hydroxylation sites is 1. The van der Waals surface area contributed by atoms with Crippen LogP contribution < -0.4 is 22.7 Å². The molecule has 0 radical (unpaired) electrons. The molecule has 0 aliphatic carbocycles. The zero-order chi connectivity index (χ0) is 16.1. The number of guanidine groups is 1. The van der Waals surface area contributed by atoms with Crippen LogP contribution in [-0.4, -0.2) is 21.9 Å². The number of aliphatic imine (C=N–C) groups is 1. The van der Waals surface area contributed by atoms with Gasteiger partial charge in [-0.15, -0.1) is 0 Å². The fourth-order valence-electron chi connectivity index (χ4n) is 1.40. The second-order valence-corrected chi connectivity index (χ2v) is 4.32. The van der Waals surface area contributed by atoms with E-state index in [1.54, 1.807) is 24.3 Å². The number of nitrogen functional groups attached to an aromatic ring is 2. The summed E-state index contributed by atoms with van der Waals surface area (Å²) in [7, 11) is 0. The minimum atomic E-state index is -0.932. The Bertz CT molecular complexity index is 721. The Morgan fingerprint density at radius 3 is 2.55 bits per heavy atom. The molecule has 1 heterocycles. The summed E-state index contributed by atoms with van der Waals surface area (Å²) in [6, 6.07) is 8.84. The van der Waals surface area contributed by atoms with Crippen molar-refractivity contribution in [1.29, 1.82) is 0 Å². The van der Waals surface area contributed by atoms with Crippen molar-refractivity contribution in [2.45, 2.75) is 0 Å². The van der Waals surface area contributed by atoms with Gasteiger partial charge in [-0.05, 0) is 12.1 Å². The molecule has 0 amide bonds. The Morgan fingerprint density at radius 1 is 1.18 bits per heavy atom. The van der Waals surface area contributed by atoms with E-state index in [1.165, 1.54) is 0 Å². The average Bonchev–Trinajstić information content (AvgIpc) is 2.49. The lowest BCUT2D eigenvalue weighted by Gasteiger charge is -2.07. The van der Waals surface area contributed by atoms with Crippen molar-refractivity contribution in [2.75, 3.05) is 11.5 Å². The number of rotatable bonds is 2. The van der Waals surface area contributed by atoms with Gasteiger partial charge in [0, 0.05) is 0 Å². The molecule has 0 saturated heterocycles. The van der Waals surface area contributed by atoms with Crippen LogP contribution in [0.3, 0.4) is 0 Å². The molecule has 0 atom stereocenters. The fourth-order valence-corrected chi connectivity index (χ4v) is 1.53.